The van der Waals surface area contributed by atoms with Crippen LogP contribution in [0.3, 0.4) is 0 Å². The van der Waals surface area contributed by atoms with Crippen LogP contribution in [0.1, 0.15) is 18.9 Å². The second kappa shape index (κ2) is 11.5. The van der Waals surface area contributed by atoms with Crippen molar-refractivity contribution in [2.24, 2.45) is 0 Å². The summed E-state index contributed by atoms with van der Waals surface area (Å²) in [5.74, 6) is 0. The van der Waals surface area contributed by atoms with Crippen molar-refractivity contribution in [3.8, 4) is 22.5 Å². The number of para-hydroxylation sites is 3. The summed E-state index contributed by atoms with van der Waals surface area (Å²) in [6.07, 6.45) is 1.03. The third kappa shape index (κ3) is 4.49. The monoisotopic (exact) mass is 646 g/mol. The van der Waals surface area contributed by atoms with E-state index in [1.54, 1.807) is 0 Å². The fraction of sp³-hybridized carbons (Fsp3) is 0.0870. The Morgan fingerprint density at radius 3 is 1.62 bits per heavy atom. The van der Waals surface area contributed by atoms with Gasteiger partial charge >= 0.3 is 0 Å². The number of aromatic nitrogens is 2. The fourth-order valence-corrected chi connectivity index (χ4v) is 7.79. The van der Waals surface area contributed by atoms with Gasteiger partial charge in [-0.15, -0.1) is 0 Å². The molecule has 7 aromatic carbocycles. The summed E-state index contributed by atoms with van der Waals surface area (Å²) in [6.45, 7) is 3.56. The number of furan rings is 1. The lowest BCUT2D eigenvalue weighted by Gasteiger charge is -2.10. The molecule has 0 radical (unpaired) electrons. The number of hydrogen-bond acceptors (Lipinski definition) is 2. The van der Waals surface area contributed by atoms with Crippen LogP contribution >= 0.6 is 0 Å². The molecule has 0 aliphatic rings. The number of benzene rings is 7. The first-order valence-corrected chi connectivity index (χ1v) is 17.4. The molecule has 0 N–H and O–H groups in total. The predicted octanol–water partition coefficient (Wildman–Crippen LogP) is 12.4. The third-order valence-corrected chi connectivity index (χ3v) is 10.1. The van der Waals surface area contributed by atoms with Crippen molar-refractivity contribution in [2.45, 2.75) is 20.0 Å². The number of nitrogens with zero attached hydrogens (tertiary/aromatic N) is 2. The summed E-state index contributed by atoms with van der Waals surface area (Å²) in [5, 5.41) is 7.22. The van der Waals surface area contributed by atoms with E-state index in [2.05, 4.69) is 168 Å². The molecule has 0 unspecified atom stereocenters. The van der Waals surface area contributed by atoms with Crippen molar-refractivity contribution in [2.75, 3.05) is 6.61 Å². The third-order valence-electron chi connectivity index (χ3n) is 10.1. The molecule has 0 fully saturated rings. The van der Waals surface area contributed by atoms with Crippen LogP contribution < -0.4 is 0 Å². The molecule has 0 amide bonds. The normalized spacial score (nSPS) is 12.0. The molecule has 0 aliphatic carbocycles. The number of ether oxygens (including phenoxy) is 1. The van der Waals surface area contributed by atoms with Crippen molar-refractivity contribution in [3.05, 3.63) is 157 Å². The Morgan fingerprint density at radius 2 is 0.960 bits per heavy atom. The van der Waals surface area contributed by atoms with Crippen LogP contribution in [0, 0.1) is 0 Å². The summed E-state index contributed by atoms with van der Waals surface area (Å²) >= 11 is 0. The van der Waals surface area contributed by atoms with Gasteiger partial charge in [0.2, 0.25) is 0 Å². The number of rotatable bonds is 7. The van der Waals surface area contributed by atoms with Gasteiger partial charge in [0.05, 0.1) is 28.7 Å². The zero-order valence-corrected chi connectivity index (χ0v) is 27.8. The van der Waals surface area contributed by atoms with Gasteiger partial charge in [-0.25, -0.2) is 0 Å². The highest BCUT2D eigenvalue weighted by Gasteiger charge is 2.16. The van der Waals surface area contributed by atoms with Gasteiger partial charge in [-0.05, 0) is 95.9 Å². The van der Waals surface area contributed by atoms with Crippen LogP contribution in [0.4, 0.5) is 0 Å². The summed E-state index contributed by atoms with van der Waals surface area (Å²) in [6, 6.07) is 54.7. The second-order valence-corrected chi connectivity index (χ2v) is 13.2. The molecule has 10 rings (SSSR count). The summed E-state index contributed by atoms with van der Waals surface area (Å²) in [4.78, 5) is 0. The molecule has 0 aliphatic heterocycles. The highest BCUT2D eigenvalue weighted by Crippen LogP contribution is 2.39. The van der Waals surface area contributed by atoms with Gasteiger partial charge in [-0.2, -0.15) is 0 Å². The van der Waals surface area contributed by atoms with E-state index in [-0.39, 0.29) is 0 Å². The zero-order chi connectivity index (χ0) is 33.2. The molecule has 0 saturated carbocycles. The molecular weight excluding hydrogens is 613 g/mol. The van der Waals surface area contributed by atoms with Crippen LogP contribution in [-0.4, -0.2) is 15.7 Å². The van der Waals surface area contributed by atoms with Crippen LogP contribution in [-0.2, 0) is 11.3 Å². The predicted molar refractivity (Wildman–Crippen MR) is 208 cm³/mol. The van der Waals surface area contributed by atoms with Gasteiger partial charge in [0.15, 0.2) is 0 Å². The number of hydrogen-bond donors (Lipinski definition) is 0. The molecule has 0 atom stereocenters. The van der Waals surface area contributed by atoms with Gasteiger partial charge in [0, 0.05) is 50.3 Å². The molecule has 4 heteroatoms. The Morgan fingerprint density at radius 1 is 0.460 bits per heavy atom. The highest BCUT2D eigenvalue weighted by molar-refractivity contribution is 6.12. The Bertz CT molecular complexity index is 2830. The largest absolute Gasteiger partial charge is 0.456 e. The molecule has 0 bridgehead atoms. The van der Waals surface area contributed by atoms with Crippen molar-refractivity contribution >= 4 is 65.6 Å². The molecule has 50 heavy (non-hydrogen) atoms. The Hall–Kier alpha value is -6.10. The minimum Gasteiger partial charge on any atom is -0.456 e. The average Bonchev–Trinajstić information content (AvgIpc) is 3.82. The topological polar surface area (TPSA) is 32.2 Å². The Labute approximate surface area is 289 Å². The van der Waals surface area contributed by atoms with Crippen molar-refractivity contribution in [1.29, 1.82) is 0 Å². The lowest BCUT2D eigenvalue weighted by molar-refractivity contribution is 0.121. The van der Waals surface area contributed by atoms with Crippen LogP contribution in [0.25, 0.3) is 88.1 Å². The SMILES string of the molecule is CCCOCc1ccc(-n2c3ccccc3c3cc(-c4ccc5oc6ccc(-n7c8ccccc8c8ccccc87)cc6c5c4)ccc32)cc1. The van der Waals surface area contributed by atoms with E-state index in [1.807, 2.05) is 0 Å². The lowest BCUT2D eigenvalue weighted by atomic mass is 10.0. The first kappa shape index (κ1) is 28.9. The highest BCUT2D eigenvalue weighted by atomic mass is 16.5. The summed E-state index contributed by atoms with van der Waals surface area (Å²) in [5.41, 5.74) is 12.4. The van der Waals surface area contributed by atoms with Crippen molar-refractivity contribution < 1.29 is 9.15 Å². The van der Waals surface area contributed by atoms with E-state index in [4.69, 9.17) is 9.15 Å². The fourth-order valence-electron chi connectivity index (χ4n) is 7.79. The van der Waals surface area contributed by atoms with Crippen LogP contribution in [0.15, 0.2) is 156 Å². The maximum Gasteiger partial charge on any atom is 0.135 e. The van der Waals surface area contributed by atoms with E-state index in [1.165, 1.54) is 54.7 Å². The zero-order valence-electron chi connectivity index (χ0n) is 27.8. The molecular formula is C46H34N2O2. The first-order chi connectivity index (χ1) is 24.7. The Kier molecular flexibility index (Phi) is 6.64. The maximum atomic E-state index is 6.39. The summed E-state index contributed by atoms with van der Waals surface area (Å²) < 4.78 is 16.9. The summed E-state index contributed by atoms with van der Waals surface area (Å²) in [7, 11) is 0. The number of fused-ring (bicyclic) bond motifs is 9. The standard InChI is InChI=1S/C46H34N2O2/c1-2-25-49-29-30-15-19-33(20-16-30)47-43-14-8-5-11-37(43)38-26-31(17-22-44(38)47)32-18-23-45-39(27-32)40-28-34(21-24-46(40)50-45)48-41-12-6-3-9-35(41)36-10-4-7-13-42(36)48/h3-24,26-28H,2,25,29H2,1H3. The van der Waals surface area contributed by atoms with Crippen LogP contribution in [0.2, 0.25) is 0 Å². The minimum absolute atomic E-state index is 0.641. The molecule has 10 aromatic rings. The molecule has 3 heterocycles. The van der Waals surface area contributed by atoms with Gasteiger partial charge in [-0.1, -0.05) is 85.8 Å². The maximum absolute atomic E-state index is 6.39. The van der Waals surface area contributed by atoms with Gasteiger partial charge in [-0.3, -0.25) is 0 Å². The van der Waals surface area contributed by atoms with E-state index < -0.39 is 0 Å². The molecule has 240 valence electrons. The van der Waals surface area contributed by atoms with Crippen molar-refractivity contribution in [1.82, 2.24) is 9.13 Å². The van der Waals surface area contributed by atoms with Gasteiger partial charge in [0.25, 0.3) is 0 Å². The molecule has 0 saturated heterocycles. The quantitative estimate of drug-likeness (QED) is 0.161. The average molecular weight is 647 g/mol. The van der Waals surface area contributed by atoms with Gasteiger partial charge < -0.3 is 18.3 Å². The Balaban J connectivity index is 1.09. The van der Waals surface area contributed by atoms with Gasteiger partial charge in [0.1, 0.15) is 11.2 Å². The van der Waals surface area contributed by atoms with Crippen molar-refractivity contribution in [3.63, 3.8) is 0 Å². The molecule has 0 spiro atoms. The second-order valence-electron chi connectivity index (χ2n) is 13.2. The van der Waals surface area contributed by atoms with Crippen LogP contribution in [0.5, 0.6) is 0 Å². The van der Waals surface area contributed by atoms with E-state index in [0.717, 1.165) is 51.9 Å². The molecule has 3 aromatic heterocycles. The molecule has 4 nitrogen and oxygen atoms in total. The minimum atomic E-state index is 0.641. The van der Waals surface area contributed by atoms with E-state index in [0.29, 0.717) is 6.61 Å². The lowest BCUT2D eigenvalue weighted by Crippen LogP contribution is -1.96. The van der Waals surface area contributed by atoms with E-state index in [9.17, 15) is 0 Å². The smallest absolute Gasteiger partial charge is 0.135 e. The first-order valence-electron chi connectivity index (χ1n) is 17.4. The van der Waals surface area contributed by atoms with E-state index >= 15 is 0 Å².